The van der Waals surface area contributed by atoms with Crippen LogP contribution in [-0.2, 0) is 12.1 Å². The highest BCUT2D eigenvalue weighted by molar-refractivity contribution is 5.85. The zero-order chi connectivity index (χ0) is 22.1. The van der Waals surface area contributed by atoms with Crippen molar-refractivity contribution in [3.63, 3.8) is 0 Å². The average Bonchev–Trinajstić information content (AvgIpc) is 3.11. The SMILES string of the molecule is FC(F)(F)c1ccc(C(F)(F)CN2CCC[C@H](Nc3ncnc4[nH]ncc34)CC2)cc1. The summed E-state index contributed by atoms with van der Waals surface area (Å²) in [5.74, 6) is -2.60. The zero-order valence-corrected chi connectivity index (χ0v) is 16.5. The van der Waals surface area contributed by atoms with E-state index in [0.717, 1.165) is 23.9 Å². The second-order valence-corrected chi connectivity index (χ2v) is 7.68. The first-order valence-corrected chi connectivity index (χ1v) is 9.91. The van der Waals surface area contributed by atoms with E-state index < -0.39 is 29.8 Å². The lowest BCUT2D eigenvalue weighted by molar-refractivity contribution is -0.137. The minimum Gasteiger partial charge on any atom is -0.367 e. The summed E-state index contributed by atoms with van der Waals surface area (Å²) in [6.45, 7) is 0.386. The lowest BCUT2D eigenvalue weighted by Gasteiger charge is -2.26. The third-order valence-corrected chi connectivity index (χ3v) is 5.47. The van der Waals surface area contributed by atoms with Crippen LogP contribution < -0.4 is 5.32 Å². The van der Waals surface area contributed by atoms with Gasteiger partial charge in [-0.15, -0.1) is 0 Å². The van der Waals surface area contributed by atoms with Gasteiger partial charge in [0, 0.05) is 18.2 Å². The molecule has 3 aromatic rings. The summed E-state index contributed by atoms with van der Waals surface area (Å²) < 4.78 is 67.5. The topological polar surface area (TPSA) is 69.7 Å². The number of hydrogen-bond donors (Lipinski definition) is 2. The van der Waals surface area contributed by atoms with Crippen molar-refractivity contribution in [2.45, 2.75) is 37.4 Å². The maximum atomic E-state index is 14.7. The molecule has 1 aliphatic rings. The molecule has 4 rings (SSSR count). The minimum absolute atomic E-state index is 0.0534. The van der Waals surface area contributed by atoms with E-state index in [1.807, 2.05) is 0 Å². The Kier molecular flexibility index (Phi) is 5.78. The molecule has 3 heterocycles. The number of halogens is 5. The Balaban J connectivity index is 1.37. The lowest BCUT2D eigenvalue weighted by Crippen LogP contribution is -2.36. The standard InChI is InChI=1S/C20H21F5N6/c21-19(22,13-3-5-14(6-4-13)20(23,24)25)11-31-8-1-2-15(7-9-31)29-17-16-10-28-30-18(16)27-12-26-17/h3-6,10,12,15H,1-2,7-9,11H2,(H2,26,27,28,29,30)/t15-/m0/s1. The van der Waals surface area contributed by atoms with Gasteiger partial charge in [-0.05, 0) is 37.9 Å². The number of fused-ring (bicyclic) bond motifs is 1. The van der Waals surface area contributed by atoms with Crippen LogP contribution in [0.4, 0.5) is 27.8 Å². The van der Waals surface area contributed by atoms with Crippen LogP contribution >= 0.6 is 0 Å². The van der Waals surface area contributed by atoms with Crippen LogP contribution in [0.15, 0.2) is 36.8 Å². The number of H-pyrrole nitrogens is 1. The first kappa shape index (κ1) is 21.4. The first-order valence-electron chi connectivity index (χ1n) is 9.91. The van der Waals surface area contributed by atoms with Crippen molar-refractivity contribution in [1.29, 1.82) is 0 Å². The van der Waals surface area contributed by atoms with E-state index in [2.05, 4.69) is 25.5 Å². The van der Waals surface area contributed by atoms with Gasteiger partial charge >= 0.3 is 6.18 Å². The number of likely N-dealkylation sites (tertiary alicyclic amines) is 1. The summed E-state index contributed by atoms with van der Waals surface area (Å²) in [7, 11) is 0. The van der Waals surface area contributed by atoms with Crippen molar-refractivity contribution in [1.82, 2.24) is 25.1 Å². The Morgan fingerprint density at radius 3 is 2.48 bits per heavy atom. The monoisotopic (exact) mass is 440 g/mol. The highest BCUT2D eigenvalue weighted by atomic mass is 19.4. The summed E-state index contributed by atoms with van der Waals surface area (Å²) in [4.78, 5) is 10.0. The Hall–Kier alpha value is -2.82. The Morgan fingerprint density at radius 2 is 1.74 bits per heavy atom. The van der Waals surface area contributed by atoms with E-state index in [-0.39, 0.29) is 6.04 Å². The molecule has 0 saturated carbocycles. The number of hydrogen-bond acceptors (Lipinski definition) is 5. The van der Waals surface area contributed by atoms with Gasteiger partial charge < -0.3 is 5.32 Å². The van der Waals surface area contributed by atoms with Crippen LogP contribution in [0.2, 0.25) is 0 Å². The van der Waals surface area contributed by atoms with Gasteiger partial charge in [0.1, 0.15) is 12.1 Å². The predicted octanol–water partition coefficient (Wildman–Crippen LogP) is 4.43. The molecular formula is C20H21F5N6. The second kappa shape index (κ2) is 8.37. The predicted molar refractivity (Wildman–Crippen MR) is 105 cm³/mol. The molecule has 2 aromatic heterocycles. The summed E-state index contributed by atoms with van der Waals surface area (Å²) >= 11 is 0. The number of nitrogens with one attached hydrogen (secondary N) is 2. The molecule has 0 unspecified atom stereocenters. The van der Waals surface area contributed by atoms with Crippen LogP contribution in [0.3, 0.4) is 0 Å². The largest absolute Gasteiger partial charge is 0.416 e. The summed E-state index contributed by atoms with van der Waals surface area (Å²) in [6.07, 6.45) is 0.632. The second-order valence-electron chi connectivity index (χ2n) is 7.68. The molecular weight excluding hydrogens is 419 g/mol. The fourth-order valence-corrected chi connectivity index (χ4v) is 3.81. The third-order valence-electron chi connectivity index (χ3n) is 5.47. The van der Waals surface area contributed by atoms with E-state index in [1.54, 1.807) is 11.1 Å². The number of anilines is 1. The normalized spacial score (nSPS) is 18.8. The fourth-order valence-electron chi connectivity index (χ4n) is 3.81. The number of alkyl halides is 5. The molecule has 11 heteroatoms. The molecule has 1 fully saturated rings. The summed E-state index contributed by atoms with van der Waals surface area (Å²) in [5.41, 5.74) is -0.737. The average molecular weight is 440 g/mol. The van der Waals surface area contributed by atoms with Crippen LogP contribution in [-0.4, -0.2) is 50.7 Å². The molecule has 0 spiro atoms. The molecule has 1 aliphatic heterocycles. The molecule has 6 nitrogen and oxygen atoms in total. The van der Waals surface area contributed by atoms with Gasteiger partial charge in [0.15, 0.2) is 5.65 Å². The number of rotatable bonds is 5. The molecule has 1 saturated heterocycles. The van der Waals surface area contributed by atoms with Gasteiger partial charge in [-0.3, -0.25) is 10.00 Å². The van der Waals surface area contributed by atoms with Crippen molar-refractivity contribution >= 4 is 16.9 Å². The minimum atomic E-state index is -4.55. The van der Waals surface area contributed by atoms with Crippen molar-refractivity contribution in [2.75, 3.05) is 25.0 Å². The molecule has 1 atom stereocenters. The van der Waals surface area contributed by atoms with Gasteiger partial charge in [-0.1, -0.05) is 12.1 Å². The highest BCUT2D eigenvalue weighted by Crippen LogP contribution is 2.34. The summed E-state index contributed by atoms with van der Waals surface area (Å²) in [6, 6.07) is 3.16. The Bertz CT molecular complexity index is 1020. The molecule has 31 heavy (non-hydrogen) atoms. The van der Waals surface area contributed by atoms with Gasteiger partial charge in [0.2, 0.25) is 0 Å². The van der Waals surface area contributed by atoms with Crippen LogP contribution in [0.25, 0.3) is 11.0 Å². The third kappa shape index (κ3) is 4.92. The molecule has 166 valence electrons. The number of nitrogens with zero attached hydrogens (tertiary/aromatic N) is 4. The molecule has 1 aromatic carbocycles. The van der Waals surface area contributed by atoms with Crippen molar-refractivity contribution in [3.8, 4) is 0 Å². The lowest BCUT2D eigenvalue weighted by atomic mass is 10.1. The van der Waals surface area contributed by atoms with Crippen LogP contribution in [0, 0.1) is 0 Å². The number of aromatic nitrogens is 4. The van der Waals surface area contributed by atoms with E-state index in [9.17, 15) is 22.0 Å². The maximum Gasteiger partial charge on any atom is 0.416 e. The van der Waals surface area contributed by atoms with Gasteiger partial charge in [0.05, 0.1) is 23.7 Å². The van der Waals surface area contributed by atoms with E-state index in [4.69, 9.17) is 0 Å². The highest BCUT2D eigenvalue weighted by Gasteiger charge is 2.36. The molecule has 0 aliphatic carbocycles. The van der Waals surface area contributed by atoms with Crippen molar-refractivity contribution in [3.05, 3.63) is 47.9 Å². The smallest absolute Gasteiger partial charge is 0.367 e. The molecule has 0 bridgehead atoms. The molecule has 0 radical (unpaired) electrons. The van der Waals surface area contributed by atoms with Gasteiger partial charge in [-0.25, -0.2) is 9.97 Å². The zero-order valence-electron chi connectivity index (χ0n) is 16.5. The summed E-state index contributed by atoms with van der Waals surface area (Å²) in [5, 5.41) is 10.8. The van der Waals surface area contributed by atoms with E-state index in [1.165, 1.54) is 6.33 Å². The number of benzene rings is 1. The van der Waals surface area contributed by atoms with Crippen LogP contribution in [0.5, 0.6) is 0 Å². The van der Waals surface area contributed by atoms with E-state index >= 15 is 0 Å². The molecule has 0 amide bonds. The number of aromatic amines is 1. The van der Waals surface area contributed by atoms with Gasteiger partial charge in [0.25, 0.3) is 5.92 Å². The maximum absolute atomic E-state index is 14.7. The Labute approximate surface area is 174 Å². The molecule has 2 N–H and O–H groups in total. The van der Waals surface area contributed by atoms with E-state index in [0.29, 0.717) is 49.5 Å². The van der Waals surface area contributed by atoms with Gasteiger partial charge in [-0.2, -0.15) is 27.1 Å². The quantitative estimate of drug-likeness (QED) is 0.575. The van der Waals surface area contributed by atoms with Crippen LogP contribution in [0.1, 0.15) is 30.4 Å². The fraction of sp³-hybridized carbons (Fsp3) is 0.450. The Morgan fingerprint density at radius 1 is 1.00 bits per heavy atom. The van der Waals surface area contributed by atoms with Crippen molar-refractivity contribution in [2.24, 2.45) is 0 Å². The van der Waals surface area contributed by atoms with Crippen molar-refractivity contribution < 1.29 is 22.0 Å². The first-order chi connectivity index (χ1) is 14.7.